The van der Waals surface area contributed by atoms with Crippen LogP contribution in [0.5, 0.6) is 0 Å². The highest BCUT2D eigenvalue weighted by Gasteiger charge is 2.12. The van der Waals surface area contributed by atoms with E-state index in [9.17, 15) is 4.79 Å². The standard InChI is InChI=1S/C28H30N6O/c1-5-26(35)31-24-18-22(14-15-25(24)34(4)17-16-33(2)3)30-28-29-19-21-12-9-13-23(27(21)32-28)20-10-7-6-8-11-20/h5-15,18-19H,1,16-17H2,2-4H3,(H,31,35)(H,29,30,32). The molecule has 0 radical (unpaired) electrons. The summed E-state index contributed by atoms with van der Waals surface area (Å²) in [5.74, 6) is 0.217. The fourth-order valence-electron chi connectivity index (χ4n) is 3.80. The van der Waals surface area contributed by atoms with Crippen molar-refractivity contribution in [1.82, 2.24) is 14.9 Å². The molecule has 4 aromatic rings. The molecule has 178 valence electrons. The number of fused-ring (bicyclic) bond motifs is 1. The molecule has 0 saturated heterocycles. The minimum absolute atomic E-state index is 0.265. The summed E-state index contributed by atoms with van der Waals surface area (Å²) in [7, 11) is 6.08. The van der Waals surface area contributed by atoms with Crippen molar-refractivity contribution in [2.24, 2.45) is 0 Å². The topological polar surface area (TPSA) is 73.4 Å². The van der Waals surface area contributed by atoms with Crippen LogP contribution in [0.2, 0.25) is 0 Å². The molecule has 35 heavy (non-hydrogen) atoms. The fourth-order valence-corrected chi connectivity index (χ4v) is 3.80. The van der Waals surface area contributed by atoms with Crippen molar-refractivity contribution in [1.29, 1.82) is 0 Å². The number of benzene rings is 3. The molecule has 0 aliphatic heterocycles. The van der Waals surface area contributed by atoms with E-state index < -0.39 is 0 Å². The van der Waals surface area contributed by atoms with Crippen LogP contribution in [-0.2, 0) is 4.79 Å². The molecule has 2 N–H and O–H groups in total. The van der Waals surface area contributed by atoms with Crippen molar-refractivity contribution in [3.8, 4) is 11.1 Å². The summed E-state index contributed by atoms with van der Waals surface area (Å²) in [5, 5.41) is 7.19. The summed E-state index contributed by atoms with van der Waals surface area (Å²) in [6.07, 6.45) is 3.09. The van der Waals surface area contributed by atoms with Crippen LogP contribution in [0.1, 0.15) is 0 Å². The number of para-hydroxylation sites is 1. The lowest BCUT2D eigenvalue weighted by Gasteiger charge is -2.24. The highest BCUT2D eigenvalue weighted by molar-refractivity contribution is 6.01. The van der Waals surface area contributed by atoms with Gasteiger partial charge in [0.25, 0.3) is 0 Å². The van der Waals surface area contributed by atoms with Crippen molar-refractivity contribution in [2.45, 2.75) is 0 Å². The molecule has 0 aliphatic rings. The third-order valence-electron chi connectivity index (χ3n) is 5.69. The summed E-state index contributed by atoms with van der Waals surface area (Å²) in [4.78, 5) is 25.7. The first-order chi connectivity index (χ1) is 16.9. The summed E-state index contributed by atoms with van der Waals surface area (Å²) < 4.78 is 0. The Morgan fingerprint density at radius 1 is 1.00 bits per heavy atom. The van der Waals surface area contributed by atoms with E-state index in [1.807, 2.05) is 75.9 Å². The maximum atomic E-state index is 12.1. The van der Waals surface area contributed by atoms with Crippen LogP contribution in [0.15, 0.2) is 85.6 Å². The first kappa shape index (κ1) is 23.9. The van der Waals surface area contributed by atoms with Crippen molar-refractivity contribution >= 4 is 39.8 Å². The van der Waals surface area contributed by atoms with E-state index >= 15 is 0 Å². The Balaban J connectivity index is 1.66. The molecular weight excluding hydrogens is 436 g/mol. The zero-order chi connectivity index (χ0) is 24.8. The van der Waals surface area contributed by atoms with Crippen LogP contribution in [-0.4, -0.2) is 55.0 Å². The van der Waals surface area contributed by atoms with Crippen molar-refractivity contribution in [3.63, 3.8) is 0 Å². The van der Waals surface area contributed by atoms with E-state index in [1.54, 1.807) is 0 Å². The molecule has 4 rings (SSSR count). The lowest BCUT2D eigenvalue weighted by Crippen LogP contribution is -2.29. The SMILES string of the molecule is C=CC(=O)Nc1cc(Nc2ncc3cccc(-c4ccccc4)c3n2)ccc1N(C)CCN(C)C. The Kier molecular flexibility index (Phi) is 7.38. The number of nitrogens with zero attached hydrogens (tertiary/aromatic N) is 4. The van der Waals surface area contributed by atoms with Crippen molar-refractivity contribution in [2.75, 3.05) is 49.8 Å². The van der Waals surface area contributed by atoms with Crippen LogP contribution >= 0.6 is 0 Å². The molecule has 0 atom stereocenters. The van der Waals surface area contributed by atoms with Gasteiger partial charge in [0.05, 0.1) is 16.9 Å². The molecule has 0 unspecified atom stereocenters. The van der Waals surface area contributed by atoms with Gasteiger partial charge in [-0.3, -0.25) is 4.79 Å². The molecule has 0 fully saturated rings. The van der Waals surface area contributed by atoms with Gasteiger partial charge in [-0.15, -0.1) is 0 Å². The maximum absolute atomic E-state index is 12.1. The third-order valence-corrected chi connectivity index (χ3v) is 5.69. The van der Waals surface area contributed by atoms with E-state index in [0.29, 0.717) is 11.6 Å². The third kappa shape index (κ3) is 5.83. The van der Waals surface area contributed by atoms with E-state index in [2.05, 4.69) is 50.2 Å². The molecule has 1 aromatic heterocycles. The minimum atomic E-state index is -0.265. The first-order valence-electron chi connectivity index (χ1n) is 11.5. The normalized spacial score (nSPS) is 10.9. The lowest BCUT2D eigenvalue weighted by atomic mass is 10.0. The summed E-state index contributed by atoms with van der Waals surface area (Å²) in [6.45, 7) is 5.28. The van der Waals surface area contributed by atoms with Gasteiger partial charge in [-0.1, -0.05) is 55.1 Å². The summed E-state index contributed by atoms with van der Waals surface area (Å²) in [6, 6.07) is 22.1. The zero-order valence-corrected chi connectivity index (χ0v) is 20.3. The average molecular weight is 467 g/mol. The van der Waals surface area contributed by atoms with Gasteiger partial charge >= 0.3 is 0 Å². The number of nitrogens with one attached hydrogen (secondary N) is 2. The van der Waals surface area contributed by atoms with Crippen LogP contribution in [0.3, 0.4) is 0 Å². The number of rotatable bonds is 9. The van der Waals surface area contributed by atoms with E-state index in [1.165, 1.54) is 6.08 Å². The quantitative estimate of drug-likeness (QED) is 0.332. The number of hydrogen-bond donors (Lipinski definition) is 2. The average Bonchev–Trinajstić information content (AvgIpc) is 2.87. The second-order valence-electron chi connectivity index (χ2n) is 8.58. The molecule has 0 spiro atoms. The van der Waals surface area contributed by atoms with Crippen LogP contribution in [0, 0.1) is 0 Å². The van der Waals surface area contributed by atoms with Gasteiger partial charge < -0.3 is 20.4 Å². The predicted molar refractivity (Wildman–Crippen MR) is 145 cm³/mol. The lowest BCUT2D eigenvalue weighted by molar-refractivity contribution is -0.111. The van der Waals surface area contributed by atoms with Crippen LogP contribution < -0.4 is 15.5 Å². The smallest absolute Gasteiger partial charge is 0.247 e. The second kappa shape index (κ2) is 10.8. The van der Waals surface area contributed by atoms with Crippen molar-refractivity contribution in [3.05, 3.63) is 85.6 Å². The van der Waals surface area contributed by atoms with Crippen LogP contribution in [0.25, 0.3) is 22.0 Å². The van der Waals surface area contributed by atoms with Gasteiger partial charge in [0.2, 0.25) is 11.9 Å². The number of aromatic nitrogens is 2. The molecular formula is C28H30N6O. The van der Waals surface area contributed by atoms with Gasteiger partial charge in [-0.05, 0) is 43.9 Å². The Morgan fingerprint density at radius 2 is 1.80 bits per heavy atom. The number of carbonyl (C=O) groups is 1. The number of hydrogen-bond acceptors (Lipinski definition) is 6. The second-order valence-corrected chi connectivity index (χ2v) is 8.58. The Labute approximate surface area is 206 Å². The Hall–Kier alpha value is -4.23. The number of anilines is 4. The van der Waals surface area contributed by atoms with Crippen molar-refractivity contribution < 1.29 is 4.79 Å². The molecule has 1 amide bonds. The summed E-state index contributed by atoms with van der Waals surface area (Å²) in [5.41, 5.74) is 5.39. The fraction of sp³-hybridized carbons (Fsp3) is 0.179. The minimum Gasteiger partial charge on any atom is -0.372 e. The van der Waals surface area contributed by atoms with Gasteiger partial charge in [-0.25, -0.2) is 9.97 Å². The molecule has 1 heterocycles. The highest BCUT2D eigenvalue weighted by atomic mass is 16.1. The van der Waals surface area contributed by atoms with E-state index in [4.69, 9.17) is 4.98 Å². The molecule has 7 heteroatoms. The monoisotopic (exact) mass is 466 g/mol. The maximum Gasteiger partial charge on any atom is 0.247 e. The van der Waals surface area contributed by atoms with Gasteiger partial charge in [0, 0.05) is 43.0 Å². The Bertz CT molecular complexity index is 1340. The van der Waals surface area contributed by atoms with Gasteiger partial charge in [0.15, 0.2) is 0 Å². The largest absolute Gasteiger partial charge is 0.372 e. The van der Waals surface area contributed by atoms with Crippen LogP contribution in [0.4, 0.5) is 23.0 Å². The van der Waals surface area contributed by atoms with E-state index in [-0.39, 0.29) is 5.91 Å². The first-order valence-corrected chi connectivity index (χ1v) is 11.5. The van der Waals surface area contributed by atoms with E-state index in [0.717, 1.165) is 46.5 Å². The molecule has 0 aliphatic carbocycles. The molecule has 7 nitrogen and oxygen atoms in total. The van der Waals surface area contributed by atoms with Gasteiger partial charge in [-0.2, -0.15) is 0 Å². The number of carbonyl (C=O) groups excluding carboxylic acids is 1. The highest BCUT2D eigenvalue weighted by Crippen LogP contribution is 2.31. The molecule has 3 aromatic carbocycles. The summed E-state index contributed by atoms with van der Waals surface area (Å²) >= 11 is 0. The molecule has 0 saturated carbocycles. The molecule has 0 bridgehead atoms. The zero-order valence-electron chi connectivity index (χ0n) is 20.3. The number of amides is 1. The van der Waals surface area contributed by atoms with Gasteiger partial charge in [0.1, 0.15) is 0 Å². The Morgan fingerprint density at radius 3 is 2.54 bits per heavy atom. The number of likely N-dealkylation sites (N-methyl/N-ethyl adjacent to an activating group) is 2. The predicted octanol–water partition coefficient (Wildman–Crippen LogP) is 5.16.